The van der Waals surface area contributed by atoms with Gasteiger partial charge in [-0.15, -0.1) is 0 Å². The molecule has 0 amide bonds. The van der Waals surface area contributed by atoms with Gasteiger partial charge in [-0.05, 0) is 74.8 Å². The second-order valence-corrected chi connectivity index (χ2v) is 13.3. The van der Waals surface area contributed by atoms with Crippen LogP contribution in [0.5, 0.6) is 11.5 Å². The molecular formula is C38H58N2O3. The van der Waals surface area contributed by atoms with E-state index in [1.54, 1.807) is 12.1 Å². The SMILES string of the molecule is [C-]#[N+]c1c(OC(=O)C2CCC(C3CCC(CCCCC)CC3)CC2)ccc(OCCCCCCCCCCCC)c1C#N. The van der Waals surface area contributed by atoms with Gasteiger partial charge in [0.2, 0.25) is 5.69 Å². The Morgan fingerprint density at radius 3 is 1.91 bits per heavy atom. The highest BCUT2D eigenvalue weighted by Gasteiger charge is 2.34. The lowest BCUT2D eigenvalue weighted by Gasteiger charge is -2.37. The molecule has 5 heteroatoms. The first-order valence-electron chi connectivity index (χ1n) is 17.9. The first-order chi connectivity index (χ1) is 21.1. The molecule has 43 heavy (non-hydrogen) atoms. The molecule has 2 saturated carbocycles. The Bertz CT molecular complexity index is 1020. The van der Waals surface area contributed by atoms with Gasteiger partial charge in [-0.2, -0.15) is 5.26 Å². The van der Waals surface area contributed by atoms with Crippen molar-refractivity contribution >= 4 is 11.7 Å². The number of unbranched alkanes of at least 4 members (excludes halogenated alkanes) is 11. The van der Waals surface area contributed by atoms with Crippen LogP contribution in [0, 0.1) is 41.6 Å². The lowest BCUT2D eigenvalue weighted by Crippen LogP contribution is -2.30. The van der Waals surface area contributed by atoms with E-state index in [4.69, 9.17) is 16.0 Å². The van der Waals surface area contributed by atoms with Crippen molar-refractivity contribution in [1.82, 2.24) is 0 Å². The zero-order valence-electron chi connectivity index (χ0n) is 27.3. The maximum Gasteiger partial charge on any atom is 0.313 e. The fourth-order valence-corrected chi connectivity index (χ4v) is 7.40. The van der Waals surface area contributed by atoms with Crippen molar-refractivity contribution in [3.8, 4) is 17.6 Å². The van der Waals surface area contributed by atoms with Gasteiger partial charge in [0.05, 0.1) is 25.2 Å². The van der Waals surface area contributed by atoms with Gasteiger partial charge < -0.3 is 9.47 Å². The third kappa shape index (κ3) is 11.8. The molecule has 1 aromatic carbocycles. The number of nitrogens with zero attached hydrogens (tertiary/aromatic N) is 2. The van der Waals surface area contributed by atoms with Crippen molar-refractivity contribution < 1.29 is 14.3 Å². The predicted octanol–water partition coefficient (Wildman–Crippen LogP) is 11.5. The summed E-state index contributed by atoms with van der Waals surface area (Å²) in [6.45, 7) is 12.8. The number of hydrogen-bond acceptors (Lipinski definition) is 4. The van der Waals surface area contributed by atoms with Crippen LogP contribution in [0.15, 0.2) is 12.1 Å². The average Bonchev–Trinajstić information content (AvgIpc) is 3.04. The number of carbonyl (C=O) groups is 1. The Labute approximate surface area is 262 Å². The van der Waals surface area contributed by atoms with E-state index in [1.165, 1.54) is 103 Å². The minimum absolute atomic E-state index is 0.0841. The van der Waals surface area contributed by atoms with E-state index in [0.29, 0.717) is 12.4 Å². The van der Waals surface area contributed by atoms with E-state index in [1.807, 2.05) is 0 Å². The molecule has 0 spiro atoms. The molecule has 0 unspecified atom stereocenters. The number of rotatable bonds is 19. The van der Waals surface area contributed by atoms with Crippen molar-refractivity contribution in [3.05, 3.63) is 29.1 Å². The molecule has 0 saturated heterocycles. The van der Waals surface area contributed by atoms with Gasteiger partial charge in [0, 0.05) is 0 Å². The summed E-state index contributed by atoms with van der Waals surface area (Å²) < 4.78 is 11.7. The standard InChI is InChI=1S/C38H58N2O3/c1-4-6-8-9-10-11-12-13-14-16-28-42-35-26-27-36(37(40-3)34(35)29-39)43-38(41)33-24-22-32(23-25-33)31-20-18-30(19-21-31)17-15-7-5-2/h26-27,30-33H,4-25,28H2,1-2H3. The van der Waals surface area contributed by atoms with Gasteiger partial charge in [0.25, 0.3) is 0 Å². The second kappa shape index (κ2) is 20.4. The summed E-state index contributed by atoms with van der Waals surface area (Å²) in [5, 5.41) is 9.82. The molecule has 0 atom stereocenters. The van der Waals surface area contributed by atoms with E-state index in [0.717, 1.165) is 56.3 Å². The van der Waals surface area contributed by atoms with Crippen LogP contribution in [-0.2, 0) is 4.79 Å². The number of benzene rings is 1. The largest absolute Gasteiger partial charge is 0.494 e. The quantitative estimate of drug-likeness (QED) is 0.0695. The van der Waals surface area contributed by atoms with Gasteiger partial charge in [-0.1, -0.05) is 110 Å². The molecule has 0 bridgehead atoms. The highest BCUT2D eigenvalue weighted by Crippen LogP contribution is 2.43. The molecule has 2 fully saturated rings. The summed E-state index contributed by atoms with van der Waals surface area (Å²) in [5.74, 6) is 2.69. The lowest BCUT2D eigenvalue weighted by molar-refractivity contribution is -0.140. The molecule has 0 aromatic heterocycles. The van der Waals surface area contributed by atoms with Gasteiger partial charge >= 0.3 is 5.97 Å². The molecule has 5 nitrogen and oxygen atoms in total. The van der Waals surface area contributed by atoms with E-state index >= 15 is 0 Å². The summed E-state index contributed by atoms with van der Waals surface area (Å²) in [7, 11) is 0. The zero-order chi connectivity index (χ0) is 30.7. The molecule has 0 aliphatic heterocycles. The predicted molar refractivity (Wildman–Crippen MR) is 175 cm³/mol. The fourth-order valence-electron chi connectivity index (χ4n) is 7.40. The van der Waals surface area contributed by atoms with E-state index in [9.17, 15) is 10.1 Å². The van der Waals surface area contributed by atoms with Crippen LogP contribution in [0.1, 0.15) is 161 Å². The first-order valence-corrected chi connectivity index (χ1v) is 17.9. The smallest absolute Gasteiger partial charge is 0.313 e. The Hall–Kier alpha value is -2.53. The highest BCUT2D eigenvalue weighted by molar-refractivity contribution is 5.80. The molecule has 0 N–H and O–H groups in total. The van der Waals surface area contributed by atoms with Crippen molar-refractivity contribution in [1.29, 1.82) is 5.26 Å². The van der Waals surface area contributed by atoms with Crippen LogP contribution < -0.4 is 9.47 Å². The molecule has 2 aliphatic carbocycles. The van der Waals surface area contributed by atoms with E-state index < -0.39 is 0 Å². The summed E-state index contributed by atoms with van der Waals surface area (Å²) in [6.07, 6.45) is 27.3. The molecule has 3 rings (SSSR count). The van der Waals surface area contributed by atoms with Crippen LogP contribution >= 0.6 is 0 Å². The molecule has 238 valence electrons. The Morgan fingerprint density at radius 1 is 0.791 bits per heavy atom. The Kier molecular flexibility index (Phi) is 16.6. The second-order valence-electron chi connectivity index (χ2n) is 13.3. The maximum atomic E-state index is 13.1. The molecule has 0 heterocycles. The normalized spacial score (nSPS) is 22.0. The number of ether oxygens (including phenoxy) is 2. The monoisotopic (exact) mass is 590 g/mol. The highest BCUT2D eigenvalue weighted by atomic mass is 16.5. The van der Waals surface area contributed by atoms with E-state index in [2.05, 4.69) is 24.8 Å². The van der Waals surface area contributed by atoms with Crippen LogP contribution in [0.2, 0.25) is 0 Å². The summed E-state index contributed by atoms with van der Waals surface area (Å²) >= 11 is 0. The van der Waals surface area contributed by atoms with Gasteiger partial charge in [0.1, 0.15) is 17.1 Å². The van der Waals surface area contributed by atoms with Crippen LogP contribution in [-0.4, -0.2) is 12.6 Å². The number of carbonyl (C=O) groups excluding carboxylic acids is 1. The molecule has 1 aromatic rings. The first kappa shape index (κ1) is 35.0. The number of hydrogen-bond donors (Lipinski definition) is 0. The van der Waals surface area contributed by atoms with E-state index in [-0.39, 0.29) is 28.9 Å². The molecule has 2 aliphatic rings. The van der Waals surface area contributed by atoms with Crippen LogP contribution in [0.25, 0.3) is 4.85 Å². The van der Waals surface area contributed by atoms with Gasteiger partial charge in [-0.3, -0.25) is 4.79 Å². The van der Waals surface area contributed by atoms with Crippen molar-refractivity contribution in [2.75, 3.05) is 6.61 Å². The van der Waals surface area contributed by atoms with Crippen molar-refractivity contribution in [2.45, 2.75) is 155 Å². The number of nitriles is 1. The minimum atomic E-state index is -0.258. The third-order valence-electron chi connectivity index (χ3n) is 10.2. The summed E-state index contributed by atoms with van der Waals surface area (Å²) in [6, 6.07) is 5.44. The topological polar surface area (TPSA) is 63.7 Å². The van der Waals surface area contributed by atoms with Crippen LogP contribution in [0.4, 0.5) is 5.69 Å². The fraction of sp³-hybridized carbons (Fsp3) is 0.763. The average molecular weight is 591 g/mol. The Balaban J connectivity index is 1.39. The third-order valence-corrected chi connectivity index (χ3v) is 10.2. The minimum Gasteiger partial charge on any atom is -0.494 e. The van der Waals surface area contributed by atoms with Crippen LogP contribution in [0.3, 0.4) is 0 Å². The number of esters is 1. The lowest BCUT2D eigenvalue weighted by atomic mass is 9.68. The molecule has 0 radical (unpaired) electrons. The summed E-state index contributed by atoms with van der Waals surface area (Å²) in [4.78, 5) is 16.7. The van der Waals surface area contributed by atoms with Gasteiger partial charge in [0.15, 0.2) is 0 Å². The zero-order valence-corrected chi connectivity index (χ0v) is 27.3. The van der Waals surface area contributed by atoms with Crippen molar-refractivity contribution in [2.24, 2.45) is 23.7 Å². The maximum absolute atomic E-state index is 13.1. The molecular weight excluding hydrogens is 532 g/mol. The Morgan fingerprint density at radius 2 is 1.33 bits per heavy atom. The van der Waals surface area contributed by atoms with Gasteiger partial charge in [-0.25, -0.2) is 4.85 Å². The van der Waals surface area contributed by atoms with Crippen molar-refractivity contribution in [3.63, 3.8) is 0 Å². The summed E-state index contributed by atoms with van der Waals surface area (Å²) in [5.41, 5.74) is 0.252.